The van der Waals surface area contributed by atoms with Gasteiger partial charge in [-0.25, -0.2) is 0 Å². The molecule has 21 heavy (non-hydrogen) atoms. The number of ether oxygens (including phenoxy) is 2. The van der Waals surface area contributed by atoms with Crippen molar-refractivity contribution in [2.24, 2.45) is 5.92 Å². The number of carbonyl (C=O) groups is 1. The molecule has 1 aromatic carbocycles. The minimum atomic E-state index is -0.453. The van der Waals surface area contributed by atoms with Gasteiger partial charge in [0.1, 0.15) is 6.61 Å². The van der Waals surface area contributed by atoms with Crippen molar-refractivity contribution in [3.63, 3.8) is 0 Å². The van der Waals surface area contributed by atoms with E-state index in [4.69, 9.17) is 9.47 Å². The lowest BCUT2D eigenvalue weighted by Crippen LogP contribution is -2.34. The third-order valence-corrected chi connectivity index (χ3v) is 4.34. The Hall–Kier alpha value is -1.55. The van der Waals surface area contributed by atoms with Crippen molar-refractivity contribution in [2.45, 2.75) is 45.3 Å². The van der Waals surface area contributed by atoms with Crippen molar-refractivity contribution in [3.05, 3.63) is 23.8 Å². The molecule has 0 bridgehead atoms. The minimum Gasteiger partial charge on any atom is -0.489 e. The molecule has 0 spiro atoms. The van der Waals surface area contributed by atoms with E-state index in [0.29, 0.717) is 17.9 Å². The quantitative estimate of drug-likeness (QED) is 0.849. The van der Waals surface area contributed by atoms with E-state index >= 15 is 0 Å². The molecule has 0 radical (unpaired) electrons. The molecule has 2 aliphatic rings. The highest BCUT2D eigenvalue weighted by atomic mass is 16.5. The fourth-order valence-electron chi connectivity index (χ4n) is 3.52. The number of nitrogens with one attached hydrogen (secondary N) is 1. The second kappa shape index (κ2) is 4.73. The zero-order valence-electron chi connectivity index (χ0n) is 13.2. The van der Waals surface area contributed by atoms with Crippen LogP contribution in [0.15, 0.2) is 18.2 Å². The Morgan fingerprint density at radius 1 is 1.29 bits per heavy atom. The van der Waals surface area contributed by atoms with Gasteiger partial charge >= 0.3 is 0 Å². The van der Waals surface area contributed by atoms with Gasteiger partial charge in [0.15, 0.2) is 11.5 Å². The summed E-state index contributed by atoms with van der Waals surface area (Å²) in [7, 11) is 0. The van der Waals surface area contributed by atoms with Gasteiger partial charge in [-0.3, -0.25) is 4.79 Å². The third kappa shape index (κ3) is 2.53. The standard InChI is InChI=1S/C17H23NO3/c1-16(2)10-12(17(3,4)21-16)14(19)11-6-5-7-13-15(11)20-9-8-18-13/h5-7,12,18H,8-10H2,1-4H3. The highest BCUT2D eigenvalue weighted by molar-refractivity contribution is 6.02. The molecule has 114 valence electrons. The second-order valence-electron chi connectivity index (χ2n) is 7.04. The Bertz CT molecular complexity index is 577. The first-order chi connectivity index (χ1) is 9.80. The lowest BCUT2D eigenvalue weighted by atomic mass is 9.81. The van der Waals surface area contributed by atoms with Gasteiger partial charge in [-0.05, 0) is 46.2 Å². The number of ketones is 1. The summed E-state index contributed by atoms with van der Waals surface area (Å²) in [6.07, 6.45) is 0.732. The molecule has 1 atom stereocenters. The first-order valence-electron chi connectivity index (χ1n) is 7.54. The van der Waals surface area contributed by atoms with Crippen LogP contribution in [-0.4, -0.2) is 30.1 Å². The fourth-order valence-corrected chi connectivity index (χ4v) is 3.52. The van der Waals surface area contributed by atoms with Gasteiger partial charge in [0.25, 0.3) is 0 Å². The number of fused-ring (bicyclic) bond motifs is 1. The Morgan fingerprint density at radius 3 is 2.71 bits per heavy atom. The number of rotatable bonds is 2. The molecular formula is C17H23NO3. The highest BCUT2D eigenvalue weighted by Crippen LogP contribution is 2.45. The van der Waals surface area contributed by atoms with Crippen LogP contribution in [0.5, 0.6) is 5.75 Å². The summed E-state index contributed by atoms with van der Waals surface area (Å²) in [5.74, 6) is 0.657. The van der Waals surface area contributed by atoms with Crippen molar-refractivity contribution >= 4 is 11.5 Å². The van der Waals surface area contributed by atoms with Gasteiger partial charge in [-0.1, -0.05) is 6.07 Å². The van der Waals surface area contributed by atoms with Crippen LogP contribution in [0.1, 0.15) is 44.5 Å². The predicted octanol–water partition coefficient (Wildman–Crippen LogP) is 3.27. The monoisotopic (exact) mass is 289 g/mol. The van der Waals surface area contributed by atoms with Gasteiger partial charge in [0, 0.05) is 6.54 Å². The first-order valence-corrected chi connectivity index (χ1v) is 7.54. The molecule has 1 fully saturated rings. The van der Waals surface area contributed by atoms with Crippen molar-refractivity contribution in [2.75, 3.05) is 18.5 Å². The Labute approximate surface area is 125 Å². The van der Waals surface area contributed by atoms with Crippen LogP contribution in [0.2, 0.25) is 0 Å². The van der Waals surface area contributed by atoms with Crippen LogP contribution in [0.4, 0.5) is 5.69 Å². The molecule has 0 saturated carbocycles. The summed E-state index contributed by atoms with van der Waals surface area (Å²) in [5.41, 5.74) is 0.852. The number of hydrogen-bond acceptors (Lipinski definition) is 4. The van der Waals surface area contributed by atoms with Crippen LogP contribution in [0, 0.1) is 5.92 Å². The van der Waals surface area contributed by atoms with E-state index in [0.717, 1.165) is 18.7 Å². The maximum Gasteiger partial charge on any atom is 0.172 e. The van der Waals surface area contributed by atoms with E-state index < -0.39 is 5.60 Å². The topological polar surface area (TPSA) is 47.6 Å². The van der Waals surface area contributed by atoms with Crippen molar-refractivity contribution in [3.8, 4) is 5.75 Å². The molecule has 4 heteroatoms. The average Bonchev–Trinajstić information content (AvgIpc) is 2.65. The van der Waals surface area contributed by atoms with E-state index in [2.05, 4.69) is 5.32 Å². The number of benzene rings is 1. The molecule has 0 aromatic heterocycles. The van der Waals surface area contributed by atoms with E-state index in [1.54, 1.807) is 0 Å². The molecule has 1 unspecified atom stereocenters. The molecule has 3 rings (SSSR count). The van der Waals surface area contributed by atoms with Crippen LogP contribution in [0.3, 0.4) is 0 Å². The van der Waals surface area contributed by atoms with Crippen molar-refractivity contribution < 1.29 is 14.3 Å². The van der Waals surface area contributed by atoms with Crippen LogP contribution in [0.25, 0.3) is 0 Å². The molecule has 0 amide bonds. The lowest BCUT2D eigenvalue weighted by Gasteiger charge is -2.28. The first kappa shape index (κ1) is 14.4. The summed E-state index contributed by atoms with van der Waals surface area (Å²) < 4.78 is 11.8. The van der Waals surface area contributed by atoms with Gasteiger partial charge in [-0.15, -0.1) is 0 Å². The van der Waals surface area contributed by atoms with Crippen LogP contribution < -0.4 is 10.1 Å². The molecule has 2 aliphatic heterocycles. The molecule has 1 aromatic rings. The second-order valence-corrected chi connectivity index (χ2v) is 7.04. The Morgan fingerprint density at radius 2 is 2.05 bits per heavy atom. The predicted molar refractivity (Wildman–Crippen MR) is 82.1 cm³/mol. The van der Waals surface area contributed by atoms with Gasteiger partial charge in [0.2, 0.25) is 0 Å². The smallest absolute Gasteiger partial charge is 0.172 e. The zero-order valence-corrected chi connectivity index (χ0v) is 13.2. The Kier molecular flexibility index (Phi) is 3.24. The normalized spacial score (nSPS) is 25.6. The minimum absolute atomic E-state index is 0.117. The summed E-state index contributed by atoms with van der Waals surface area (Å²) >= 11 is 0. The molecule has 1 saturated heterocycles. The van der Waals surface area contributed by atoms with E-state index in [9.17, 15) is 4.79 Å². The number of Topliss-reactive ketones (excluding diaryl/α,β-unsaturated/α-hetero) is 1. The van der Waals surface area contributed by atoms with E-state index in [-0.39, 0.29) is 17.3 Å². The van der Waals surface area contributed by atoms with Crippen molar-refractivity contribution in [1.82, 2.24) is 0 Å². The maximum atomic E-state index is 13.0. The highest BCUT2D eigenvalue weighted by Gasteiger charge is 2.49. The van der Waals surface area contributed by atoms with Crippen LogP contribution >= 0.6 is 0 Å². The van der Waals surface area contributed by atoms with Gasteiger partial charge in [-0.2, -0.15) is 0 Å². The van der Waals surface area contributed by atoms with Crippen LogP contribution in [-0.2, 0) is 4.74 Å². The third-order valence-electron chi connectivity index (χ3n) is 4.34. The van der Waals surface area contributed by atoms with Crippen molar-refractivity contribution in [1.29, 1.82) is 0 Å². The maximum absolute atomic E-state index is 13.0. The average molecular weight is 289 g/mol. The summed E-state index contributed by atoms with van der Waals surface area (Å²) in [5, 5.41) is 3.28. The van der Waals surface area contributed by atoms with E-state index in [1.807, 2.05) is 45.9 Å². The Balaban J connectivity index is 1.96. The molecule has 1 N–H and O–H groups in total. The molecular weight excluding hydrogens is 266 g/mol. The number of hydrogen-bond donors (Lipinski definition) is 1. The molecule has 0 aliphatic carbocycles. The summed E-state index contributed by atoms with van der Waals surface area (Å²) in [6.45, 7) is 9.45. The SMILES string of the molecule is CC1(C)CC(C(=O)c2cccc3c2OCCN3)C(C)(C)O1. The largest absolute Gasteiger partial charge is 0.489 e. The van der Waals surface area contributed by atoms with Gasteiger partial charge in [0.05, 0.1) is 28.4 Å². The summed E-state index contributed by atoms with van der Waals surface area (Å²) in [6, 6.07) is 5.71. The van der Waals surface area contributed by atoms with Gasteiger partial charge < -0.3 is 14.8 Å². The fraction of sp³-hybridized carbons (Fsp3) is 0.588. The molecule has 2 heterocycles. The number of carbonyl (C=O) groups excluding carboxylic acids is 1. The lowest BCUT2D eigenvalue weighted by molar-refractivity contribution is -0.0712. The van der Waals surface area contributed by atoms with E-state index in [1.165, 1.54) is 0 Å². The number of anilines is 1. The summed E-state index contributed by atoms with van der Waals surface area (Å²) in [4.78, 5) is 13.0. The number of para-hydroxylation sites is 1. The molecule has 4 nitrogen and oxygen atoms in total. The zero-order chi connectivity index (χ0) is 15.3.